The van der Waals surface area contributed by atoms with Gasteiger partial charge in [0.2, 0.25) is 0 Å². The number of carbonyl (C=O) groups is 1. The minimum absolute atomic E-state index is 0.197. The third kappa shape index (κ3) is 1.61. The van der Waals surface area contributed by atoms with Crippen LogP contribution in [0, 0.1) is 0 Å². The van der Waals surface area contributed by atoms with Gasteiger partial charge in [0.1, 0.15) is 0 Å². The van der Waals surface area contributed by atoms with E-state index in [2.05, 4.69) is 11.1 Å². The summed E-state index contributed by atoms with van der Waals surface area (Å²) < 4.78 is 0. The van der Waals surface area contributed by atoms with Gasteiger partial charge in [-0.25, -0.2) is 0 Å². The Balaban J connectivity index is 1.84. The Bertz CT molecular complexity index is 650. The fourth-order valence-electron chi connectivity index (χ4n) is 3.54. The van der Waals surface area contributed by atoms with Gasteiger partial charge in [0.05, 0.1) is 11.1 Å². The highest BCUT2D eigenvalue weighted by Crippen LogP contribution is 2.32. The van der Waals surface area contributed by atoms with E-state index >= 15 is 0 Å². The molecule has 1 aromatic carbocycles. The first-order valence-corrected chi connectivity index (χ1v) is 7.26. The maximum Gasteiger partial charge on any atom is 0.255 e. The largest absolute Gasteiger partial charge is 0.358 e. The number of nitrogens with zero attached hydrogens (tertiary/aromatic N) is 1. The summed E-state index contributed by atoms with van der Waals surface area (Å²) in [5.41, 5.74) is 4.70. The van der Waals surface area contributed by atoms with Crippen LogP contribution < -0.4 is 0 Å². The molecule has 0 radical (unpaired) electrons. The van der Waals surface area contributed by atoms with E-state index < -0.39 is 0 Å². The average molecular weight is 254 g/mol. The van der Waals surface area contributed by atoms with Crippen molar-refractivity contribution < 1.29 is 4.79 Å². The molecular weight excluding hydrogens is 236 g/mol. The van der Waals surface area contributed by atoms with Crippen LogP contribution in [0.25, 0.3) is 10.9 Å². The van der Waals surface area contributed by atoms with Crippen LogP contribution in [-0.4, -0.2) is 28.9 Å². The lowest BCUT2D eigenvalue weighted by atomic mass is 10.1. The summed E-state index contributed by atoms with van der Waals surface area (Å²) in [5, 5.41) is 1.26. The van der Waals surface area contributed by atoms with Crippen LogP contribution in [0.1, 0.15) is 40.9 Å². The third-order valence-corrected chi connectivity index (χ3v) is 4.51. The molecule has 0 bridgehead atoms. The summed E-state index contributed by atoms with van der Waals surface area (Å²) in [6.07, 6.45) is 5.80. The molecule has 1 fully saturated rings. The summed E-state index contributed by atoms with van der Waals surface area (Å²) in [6, 6.07) is 6.14. The van der Waals surface area contributed by atoms with Crippen molar-refractivity contribution in [1.82, 2.24) is 9.88 Å². The number of aromatic nitrogens is 1. The minimum atomic E-state index is 0.197. The molecule has 1 aliphatic carbocycles. The molecule has 4 rings (SSSR count). The molecular formula is C16H18N2O. The van der Waals surface area contributed by atoms with Crippen LogP contribution in [0.3, 0.4) is 0 Å². The van der Waals surface area contributed by atoms with Gasteiger partial charge in [-0.15, -0.1) is 0 Å². The number of benzene rings is 1. The quantitative estimate of drug-likeness (QED) is 0.834. The van der Waals surface area contributed by atoms with Gasteiger partial charge in [0, 0.05) is 24.2 Å². The third-order valence-electron chi connectivity index (χ3n) is 4.51. The summed E-state index contributed by atoms with van der Waals surface area (Å²) >= 11 is 0. The molecule has 1 aliphatic heterocycles. The van der Waals surface area contributed by atoms with Gasteiger partial charge >= 0.3 is 0 Å². The second kappa shape index (κ2) is 4.12. The van der Waals surface area contributed by atoms with Crippen molar-refractivity contribution in [3.8, 4) is 0 Å². The van der Waals surface area contributed by atoms with Crippen molar-refractivity contribution in [3.63, 3.8) is 0 Å². The Morgan fingerprint density at radius 2 is 1.95 bits per heavy atom. The number of aryl methyl sites for hydroxylation is 2. The molecule has 2 aromatic rings. The van der Waals surface area contributed by atoms with Gasteiger partial charge < -0.3 is 9.88 Å². The van der Waals surface area contributed by atoms with E-state index in [1.165, 1.54) is 23.1 Å². The van der Waals surface area contributed by atoms with Crippen molar-refractivity contribution >= 4 is 16.8 Å². The molecule has 3 nitrogen and oxygen atoms in total. The van der Waals surface area contributed by atoms with E-state index in [0.717, 1.165) is 49.9 Å². The maximum atomic E-state index is 12.6. The zero-order valence-electron chi connectivity index (χ0n) is 11.0. The lowest BCUT2D eigenvalue weighted by Crippen LogP contribution is -2.27. The van der Waals surface area contributed by atoms with Crippen molar-refractivity contribution in [3.05, 3.63) is 35.0 Å². The average Bonchev–Trinajstić information content (AvgIpc) is 3.13. The fourth-order valence-corrected chi connectivity index (χ4v) is 3.54. The van der Waals surface area contributed by atoms with Crippen LogP contribution >= 0.6 is 0 Å². The molecule has 1 aromatic heterocycles. The number of hydrogen-bond donors (Lipinski definition) is 1. The number of nitrogens with one attached hydrogen (secondary N) is 1. The number of hydrogen-bond acceptors (Lipinski definition) is 1. The Labute approximate surface area is 112 Å². The Hall–Kier alpha value is -1.77. The van der Waals surface area contributed by atoms with Crippen molar-refractivity contribution in [2.24, 2.45) is 0 Å². The summed E-state index contributed by atoms with van der Waals surface area (Å²) in [7, 11) is 0. The number of aromatic amines is 1. The Morgan fingerprint density at radius 3 is 2.79 bits per heavy atom. The van der Waals surface area contributed by atoms with Crippen molar-refractivity contribution in [2.75, 3.05) is 13.1 Å². The van der Waals surface area contributed by atoms with Crippen molar-refractivity contribution in [1.29, 1.82) is 0 Å². The number of H-pyrrole nitrogens is 1. The zero-order valence-corrected chi connectivity index (χ0v) is 11.0. The van der Waals surface area contributed by atoms with E-state index in [0.29, 0.717) is 0 Å². The number of amides is 1. The number of rotatable bonds is 1. The van der Waals surface area contributed by atoms with Crippen LogP contribution in [0.15, 0.2) is 18.2 Å². The first-order valence-electron chi connectivity index (χ1n) is 7.26. The van der Waals surface area contributed by atoms with Crippen molar-refractivity contribution in [2.45, 2.75) is 32.1 Å². The standard InChI is InChI=1S/C16H18N2O/c19-16(18-9-1-2-10-18)13-7-3-6-12-11-5-4-8-14(11)17-15(12)13/h3,6-7,17H,1-2,4-5,8-10H2. The smallest absolute Gasteiger partial charge is 0.255 e. The summed E-state index contributed by atoms with van der Waals surface area (Å²) in [4.78, 5) is 18.1. The SMILES string of the molecule is O=C(c1cccc2c3c([nH]c12)CCC3)N1CCCC1. The summed E-state index contributed by atoms with van der Waals surface area (Å²) in [6.45, 7) is 1.82. The highest BCUT2D eigenvalue weighted by atomic mass is 16.2. The van der Waals surface area contributed by atoms with Gasteiger partial charge in [0.15, 0.2) is 0 Å². The molecule has 0 spiro atoms. The molecule has 2 aliphatic rings. The number of carbonyl (C=O) groups excluding carboxylic acids is 1. The molecule has 3 heteroatoms. The monoisotopic (exact) mass is 254 g/mol. The number of fused-ring (bicyclic) bond motifs is 3. The predicted octanol–water partition coefficient (Wildman–Crippen LogP) is 2.89. The van der Waals surface area contributed by atoms with Gasteiger partial charge in [0.25, 0.3) is 5.91 Å². The minimum Gasteiger partial charge on any atom is -0.358 e. The lowest BCUT2D eigenvalue weighted by Gasteiger charge is -2.15. The topological polar surface area (TPSA) is 36.1 Å². The van der Waals surface area contributed by atoms with Crippen LogP contribution in [-0.2, 0) is 12.8 Å². The second-order valence-electron chi connectivity index (χ2n) is 5.66. The normalized spacial score (nSPS) is 18.2. The van der Waals surface area contributed by atoms with E-state index in [9.17, 15) is 4.79 Å². The van der Waals surface area contributed by atoms with Gasteiger partial charge in [-0.05, 0) is 43.7 Å². The first-order chi connectivity index (χ1) is 9.34. The highest BCUT2D eigenvalue weighted by molar-refractivity contribution is 6.07. The fraction of sp³-hybridized carbons (Fsp3) is 0.438. The second-order valence-corrected chi connectivity index (χ2v) is 5.66. The van der Waals surface area contributed by atoms with E-state index in [1.54, 1.807) is 0 Å². The maximum absolute atomic E-state index is 12.6. The predicted molar refractivity (Wildman–Crippen MR) is 75.5 cm³/mol. The van der Waals surface area contributed by atoms with Gasteiger partial charge in [-0.2, -0.15) is 0 Å². The molecule has 0 atom stereocenters. The van der Waals surface area contributed by atoms with Crippen LogP contribution in [0.2, 0.25) is 0 Å². The molecule has 98 valence electrons. The molecule has 0 saturated carbocycles. The molecule has 2 heterocycles. The lowest BCUT2D eigenvalue weighted by molar-refractivity contribution is 0.0794. The molecule has 1 saturated heterocycles. The van der Waals surface area contributed by atoms with Crippen LogP contribution in [0.5, 0.6) is 0 Å². The molecule has 1 N–H and O–H groups in total. The summed E-state index contributed by atoms with van der Waals surface area (Å²) in [5.74, 6) is 0.197. The molecule has 19 heavy (non-hydrogen) atoms. The molecule has 0 unspecified atom stereocenters. The van der Waals surface area contributed by atoms with E-state index in [1.807, 2.05) is 17.0 Å². The number of para-hydroxylation sites is 1. The zero-order chi connectivity index (χ0) is 12.8. The Kier molecular flexibility index (Phi) is 2.40. The van der Waals surface area contributed by atoms with Gasteiger partial charge in [-0.1, -0.05) is 12.1 Å². The number of likely N-dealkylation sites (tertiary alicyclic amines) is 1. The van der Waals surface area contributed by atoms with E-state index in [-0.39, 0.29) is 5.91 Å². The van der Waals surface area contributed by atoms with E-state index in [4.69, 9.17) is 0 Å². The molecule has 1 amide bonds. The van der Waals surface area contributed by atoms with Gasteiger partial charge in [-0.3, -0.25) is 4.79 Å². The van der Waals surface area contributed by atoms with Crippen LogP contribution in [0.4, 0.5) is 0 Å². The highest BCUT2D eigenvalue weighted by Gasteiger charge is 2.24. The Morgan fingerprint density at radius 1 is 1.11 bits per heavy atom. The first kappa shape index (κ1) is 11.1.